The summed E-state index contributed by atoms with van der Waals surface area (Å²) in [5, 5.41) is 2.93. The summed E-state index contributed by atoms with van der Waals surface area (Å²) in [4.78, 5) is 24.9. The highest BCUT2D eigenvalue weighted by molar-refractivity contribution is 5.91. The Hall–Kier alpha value is -3.03. The number of amides is 2. The third-order valence-electron chi connectivity index (χ3n) is 4.87. The summed E-state index contributed by atoms with van der Waals surface area (Å²) in [7, 11) is 5.16. The number of carbonyl (C=O) groups is 1. The SMILES string of the molecule is COc1cccc(NC(=O)N2CCC(N(C)c3ccncn3)CC2)c1OC. The first-order chi connectivity index (χ1) is 13.1. The average molecular weight is 371 g/mol. The van der Waals surface area contributed by atoms with Gasteiger partial charge in [-0.3, -0.25) is 0 Å². The Morgan fingerprint density at radius 2 is 2.00 bits per heavy atom. The number of hydrogen-bond acceptors (Lipinski definition) is 6. The number of benzene rings is 1. The van der Waals surface area contributed by atoms with Crippen LogP contribution in [0.25, 0.3) is 0 Å². The molecule has 1 fully saturated rings. The molecule has 1 aromatic carbocycles. The molecule has 2 amide bonds. The molecule has 0 saturated carbocycles. The molecule has 8 nitrogen and oxygen atoms in total. The van der Waals surface area contributed by atoms with Crippen LogP contribution in [0, 0.1) is 0 Å². The molecular weight excluding hydrogens is 346 g/mol. The number of aromatic nitrogens is 2. The Balaban J connectivity index is 1.59. The van der Waals surface area contributed by atoms with Crippen LogP contribution in [0.15, 0.2) is 36.8 Å². The molecule has 1 saturated heterocycles. The molecule has 3 rings (SSSR count). The second-order valence-corrected chi connectivity index (χ2v) is 6.37. The van der Waals surface area contributed by atoms with E-state index in [0.717, 1.165) is 18.7 Å². The van der Waals surface area contributed by atoms with E-state index in [1.807, 2.05) is 24.1 Å². The van der Waals surface area contributed by atoms with Crippen LogP contribution >= 0.6 is 0 Å². The van der Waals surface area contributed by atoms with Gasteiger partial charge >= 0.3 is 6.03 Å². The van der Waals surface area contributed by atoms with E-state index in [-0.39, 0.29) is 6.03 Å². The summed E-state index contributed by atoms with van der Waals surface area (Å²) >= 11 is 0. The van der Waals surface area contributed by atoms with Gasteiger partial charge in [-0.1, -0.05) is 6.07 Å². The number of carbonyl (C=O) groups excluding carboxylic acids is 1. The topological polar surface area (TPSA) is 79.8 Å². The maximum atomic E-state index is 12.7. The fourth-order valence-corrected chi connectivity index (χ4v) is 3.32. The first-order valence-corrected chi connectivity index (χ1v) is 8.89. The molecule has 1 aliphatic heterocycles. The molecular formula is C19H25N5O3. The molecule has 0 spiro atoms. The number of nitrogens with zero attached hydrogens (tertiary/aromatic N) is 4. The standard InChI is InChI=1S/C19H25N5O3/c1-23(17-7-10-20-13-21-17)14-8-11-24(12-9-14)19(25)22-15-5-4-6-16(26-2)18(15)27-3/h4-7,10,13-14H,8-9,11-12H2,1-3H3,(H,22,25). The molecule has 2 aromatic rings. The molecule has 1 N–H and O–H groups in total. The van der Waals surface area contributed by atoms with Crippen molar-refractivity contribution in [2.45, 2.75) is 18.9 Å². The molecule has 1 aromatic heterocycles. The maximum absolute atomic E-state index is 12.7. The minimum Gasteiger partial charge on any atom is -0.493 e. The largest absolute Gasteiger partial charge is 0.493 e. The van der Waals surface area contributed by atoms with E-state index in [1.54, 1.807) is 38.9 Å². The molecule has 0 bridgehead atoms. The van der Waals surface area contributed by atoms with Crippen molar-refractivity contribution in [2.24, 2.45) is 0 Å². The van der Waals surface area contributed by atoms with E-state index >= 15 is 0 Å². The lowest BCUT2D eigenvalue weighted by molar-refractivity contribution is 0.194. The van der Waals surface area contributed by atoms with Crippen molar-refractivity contribution in [3.63, 3.8) is 0 Å². The van der Waals surface area contributed by atoms with Gasteiger partial charge in [-0.25, -0.2) is 14.8 Å². The lowest BCUT2D eigenvalue weighted by Gasteiger charge is -2.37. The van der Waals surface area contributed by atoms with Gasteiger partial charge in [0.15, 0.2) is 11.5 Å². The number of nitrogens with one attached hydrogen (secondary N) is 1. The minimum absolute atomic E-state index is 0.135. The number of methoxy groups -OCH3 is 2. The average Bonchev–Trinajstić information content (AvgIpc) is 2.73. The number of urea groups is 1. The van der Waals surface area contributed by atoms with Crippen LogP contribution in [0.4, 0.5) is 16.3 Å². The molecule has 0 aliphatic carbocycles. The number of ether oxygens (including phenoxy) is 2. The van der Waals surface area contributed by atoms with Crippen LogP contribution in [0.1, 0.15) is 12.8 Å². The summed E-state index contributed by atoms with van der Waals surface area (Å²) in [5.41, 5.74) is 0.599. The highest BCUT2D eigenvalue weighted by atomic mass is 16.5. The number of para-hydroxylation sites is 1. The summed E-state index contributed by atoms with van der Waals surface area (Å²) < 4.78 is 10.7. The van der Waals surface area contributed by atoms with Gasteiger partial charge in [-0.2, -0.15) is 0 Å². The molecule has 0 unspecified atom stereocenters. The Kier molecular flexibility index (Phi) is 5.95. The Morgan fingerprint density at radius 1 is 1.22 bits per heavy atom. The van der Waals surface area contributed by atoms with Gasteiger partial charge in [0, 0.05) is 32.4 Å². The second kappa shape index (κ2) is 8.57. The summed E-state index contributed by atoms with van der Waals surface area (Å²) in [6.45, 7) is 1.36. The highest BCUT2D eigenvalue weighted by Crippen LogP contribution is 2.35. The second-order valence-electron chi connectivity index (χ2n) is 6.37. The summed E-state index contributed by atoms with van der Waals surface area (Å²) in [5.74, 6) is 2.00. The van der Waals surface area contributed by atoms with Crippen molar-refractivity contribution in [1.82, 2.24) is 14.9 Å². The monoisotopic (exact) mass is 371 g/mol. The van der Waals surface area contributed by atoms with Crippen LogP contribution in [0.5, 0.6) is 11.5 Å². The van der Waals surface area contributed by atoms with Crippen LogP contribution in [0.3, 0.4) is 0 Å². The minimum atomic E-state index is -0.135. The normalized spacial score (nSPS) is 14.6. The zero-order valence-corrected chi connectivity index (χ0v) is 15.9. The van der Waals surface area contributed by atoms with Crippen molar-refractivity contribution >= 4 is 17.5 Å². The number of likely N-dealkylation sites (tertiary alicyclic amines) is 1. The molecule has 144 valence electrons. The predicted molar refractivity (Wildman–Crippen MR) is 104 cm³/mol. The third-order valence-corrected chi connectivity index (χ3v) is 4.87. The zero-order valence-electron chi connectivity index (χ0n) is 15.9. The maximum Gasteiger partial charge on any atom is 0.321 e. The molecule has 0 radical (unpaired) electrons. The molecule has 2 heterocycles. The Bertz CT molecular complexity index is 763. The van der Waals surface area contributed by atoms with Gasteiger partial charge in [-0.15, -0.1) is 0 Å². The molecule has 1 aliphatic rings. The fourth-order valence-electron chi connectivity index (χ4n) is 3.32. The van der Waals surface area contributed by atoms with Gasteiger partial charge in [0.25, 0.3) is 0 Å². The van der Waals surface area contributed by atoms with Crippen molar-refractivity contribution in [3.05, 3.63) is 36.8 Å². The van der Waals surface area contributed by atoms with E-state index in [4.69, 9.17) is 9.47 Å². The lowest BCUT2D eigenvalue weighted by atomic mass is 10.0. The first-order valence-electron chi connectivity index (χ1n) is 8.89. The smallest absolute Gasteiger partial charge is 0.321 e. The van der Waals surface area contributed by atoms with Crippen LogP contribution in [0.2, 0.25) is 0 Å². The van der Waals surface area contributed by atoms with E-state index in [0.29, 0.717) is 36.3 Å². The van der Waals surface area contributed by atoms with Gasteiger partial charge in [0.1, 0.15) is 12.1 Å². The Labute approximate surface area is 159 Å². The number of hydrogen-bond donors (Lipinski definition) is 1. The van der Waals surface area contributed by atoms with Crippen molar-refractivity contribution in [1.29, 1.82) is 0 Å². The quantitative estimate of drug-likeness (QED) is 0.870. The lowest BCUT2D eigenvalue weighted by Crippen LogP contribution is -2.47. The predicted octanol–water partition coefficient (Wildman–Crippen LogP) is 2.63. The van der Waals surface area contributed by atoms with Gasteiger partial charge in [0.2, 0.25) is 0 Å². The Morgan fingerprint density at radius 3 is 2.63 bits per heavy atom. The number of anilines is 2. The van der Waals surface area contributed by atoms with Gasteiger partial charge in [-0.05, 0) is 31.0 Å². The van der Waals surface area contributed by atoms with Crippen LogP contribution in [-0.4, -0.2) is 61.3 Å². The first kappa shape index (κ1) is 18.8. The van der Waals surface area contributed by atoms with Gasteiger partial charge in [0.05, 0.1) is 19.9 Å². The van der Waals surface area contributed by atoms with Crippen molar-refractivity contribution in [3.8, 4) is 11.5 Å². The molecule has 8 heteroatoms. The van der Waals surface area contributed by atoms with E-state index in [2.05, 4.69) is 20.2 Å². The zero-order chi connectivity index (χ0) is 19.2. The summed E-state index contributed by atoms with van der Waals surface area (Å²) in [6, 6.07) is 7.52. The van der Waals surface area contributed by atoms with Crippen LogP contribution in [-0.2, 0) is 0 Å². The van der Waals surface area contributed by atoms with E-state index in [9.17, 15) is 4.79 Å². The number of rotatable bonds is 5. The molecule has 27 heavy (non-hydrogen) atoms. The van der Waals surface area contributed by atoms with E-state index in [1.165, 1.54) is 0 Å². The van der Waals surface area contributed by atoms with Crippen molar-refractivity contribution < 1.29 is 14.3 Å². The molecule has 0 atom stereocenters. The summed E-state index contributed by atoms with van der Waals surface area (Å²) in [6.07, 6.45) is 5.05. The van der Waals surface area contributed by atoms with E-state index < -0.39 is 0 Å². The third kappa shape index (κ3) is 4.21. The van der Waals surface area contributed by atoms with Crippen molar-refractivity contribution in [2.75, 3.05) is 44.6 Å². The van der Waals surface area contributed by atoms with Gasteiger partial charge < -0.3 is 24.6 Å². The fraction of sp³-hybridized carbons (Fsp3) is 0.421. The highest BCUT2D eigenvalue weighted by Gasteiger charge is 2.26. The number of piperidine rings is 1. The van der Waals surface area contributed by atoms with Crippen LogP contribution < -0.4 is 19.7 Å².